The van der Waals surface area contributed by atoms with E-state index in [0.29, 0.717) is 29.5 Å². The molecule has 1 saturated carbocycles. The highest BCUT2D eigenvalue weighted by Crippen LogP contribution is 2.35. The number of hydrogen-bond acceptors (Lipinski definition) is 3. The number of carbonyl (C=O) groups excluding carboxylic acids is 2. The van der Waals surface area contributed by atoms with Gasteiger partial charge >= 0.3 is 0 Å². The number of ether oxygens (including phenoxy) is 1. The number of piperidine rings is 1. The van der Waals surface area contributed by atoms with E-state index >= 15 is 0 Å². The van der Waals surface area contributed by atoms with Crippen LogP contribution in [-0.2, 0) is 9.53 Å². The Hall–Kier alpha value is -1.59. The molecule has 0 bridgehead atoms. The van der Waals surface area contributed by atoms with Crippen molar-refractivity contribution in [3.8, 4) is 0 Å². The zero-order chi connectivity index (χ0) is 17.1. The standard InChI is InChI=1S/C18H23ClN2O3/c1-24-10-11-8-17(22)21-16-9-12(6-7-13(11)16)20-18(23)14-4-2-3-5-15(14)19/h2-5,11-13,16H,6-10H2,1H3,(H,20,23)(H,21,22). The summed E-state index contributed by atoms with van der Waals surface area (Å²) in [6.45, 7) is 0.616. The van der Waals surface area contributed by atoms with Crippen molar-refractivity contribution in [3.63, 3.8) is 0 Å². The molecule has 130 valence electrons. The Kier molecular flexibility index (Phi) is 5.41. The molecule has 1 aromatic carbocycles. The lowest BCUT2D eigenvalue weighted by Crippen LogP contribution is -2.56. The molecular weight excluding hydrogens is 328 g/mol. The average Bonchev–Trinajstić information content (AvgIpc) is 2.55. The lowest BCUT2D eigenvalue weighted by atomic mass is 9.71. The molecule has 6 heteroatoms. The highest BCUT2D eigenvalue weighted by Gasteiger charge is 2.40. The summed E-state index contributed by atoms with van der Waals surface area (Å²) in [4.78, 5) is 24.3. The van der Waals surface area contributed by atoms with E-state index in [0.717, 1.165) is 19.3 Å². The fourth-order valence-electron chi connectivity index (χ4n) is 4.02. The molecule has 0 aromatic heterocycles. The number of carbonyl (C=O) groups is 2. The van der Waals surface area contributed by atoms with Gasteiger partial charge < -0.3 is 15.4 Å². The first kappa shape index (κ1) is 17.2. The normalized spacial score (nSPS) is 29.5. The fourth-order valence-corrected chi connectivity index (χ4v) is 4.24. The van der Waals surface area contributed by atoms with Crippen LogP contribution >= 0.6 is 11.6 Å². The van der Waals surface area contributed by atoms with Gasteiger partial charge in [-0.2, -0.15) is 0 Å². The van der Waals surface area contributed by atoms with Crippen LogP contribution in [0.1, 0.15) is 36.0 Å². The van der Waals surface area contributed by atoms with Gasteiger partial charge in [-0.15, -0.1) is 0 Å². The van der Waals surface area contributed by atoms with Gasteiger partial charge in [-0.1, -0.05) is 23.7 Å². The maximum absolute atomic E-state index is 12.4. The third-order valence-corrected chi connectivity index (χ3v) is 5.47. The second kappa shape index (κ2) is 7.53. The molecule has 1 heterocycles. The smallest absolute Gasteiger partial charge is 0.253 e. The van der Waals surface area contributed by atoms with E-state index in [1.54, 1.807) is 31.4 Å². The monoisotopic (exact) mass is 350 g/mol. The SMILES string of the molecule is COCC1CC(=O)NC2CC(NC(=O)c3ccccc3Cl)CCC12. The molecule has 2 fully saturated rings. The van der Waals surface area contributed by atoms with E-state index in [-0.39, 0.29) is 29.8 Å². The van der Waals surface area contributed by atoms with Crippen LogP contribution in [0.15, 0.2) is 24.3 Å². The number of benzene rings is 1. The van der Waals surface area contributed by atoms with Crippen molar-refractivity contribution in [2.75, 3.05) is 13.7 Å². The third-order valence-electron chi connectivity index (χ3n) is 5.14. The van der Waals surface area contributed by atoms with Crippen molar-refractivity contribution in [3.05, 3.63) is 34.9 Å². The van der Waals surface area contributed by atoms with Crippen molar-refractivity contribution in [1.29, 1.82) is 0 Å². The Morgan fingerprint density at radius 3 is 2.92 bits per heavy atom. The summed E-state index contributed by atoms with van der Waals surface area (Å²) in [6.07, 6.45) is 3.18. The van der Waals surface area contributed by atoms with Gasteiger partial charge in [0.05, 0.1) is 10.6 Å². The Labute approximate surface area is 147 Å². The number of fused-ring (bicyclic) bond motifs is 1. The van der Waals surface area contributed by atoms with Crippen molar-refractivity contribution in [2.24, 2.45) is 11.8 Å². The molecule has 1 aliphatic heterocycles. The Morgan fingerprint density at radius 2 is 2.17 bits per heavy atom. The van der Waals surface area contributed by atoms with Gasteiger partial charge in [0, 0.05) is 32.2 Å². The van der Waals surface area contributed by atoms with Crippen LogP contribution in [0.2, 0.25) is 5.02 Å². The van der Waals surface area contributed by atoms with Crippen molar-refractivity contribution < 1.29 is 14.3 Å². The lowest BCUT2D eigenvalue weighted by molar-refractivity contribution is -0.128. The van der Waals surface area contributed by atoms with Crippen molar-refractivity contribution in [1.82, 2.24) is 10.6 Å². The van der Waals surface area contributed by atoms with E-state index in [4.69, 9.17) is 16.3 Å². The van der Waals surface area contributed by atoms with Gasteiger partial charge in [-0.05, 0) is 43.2 Å². The van der Waals surface area contributed by atoms with Crippen molar-refractivity contribution in [2.45, 2.75) is 37.8 Å². The lowest BCUT2D eigenvalue weighted by Gasteiger charge is -2.43. The maximum Gasteiger partial charge on any atom is 0.253 e. The largest absolute Gasteiger partial charge is 0.384 e. The average molecular weight is 351 g/mol. The summed E-state index contributed by atoms with van der Waals surface area (Å²) in [5.41, 5.74) is 0.492. The van der Waals surface area contributed by atoms with Crippen LogP contribution in [0.5, 0.6) is 0 Å². The van der Waals surface area contributed by atoms with Gasteiger partial charge in [-0.25, -0.2) is 0 Å². The van der Waals surface area contributed by atoms with E-state index < -0.39 is 0 Å². The van der Waals surface area contributed by atoms with Gasteiger partial charge in [0.25, 0.3) is 5.91 Å². The summed E-state index contributed by atoms with van der Waals surface area (Å²) in [5, 5.41) is 6.61. The molecule has 1 saturated heterocycles. The second-order valence-electron chi connectivity index (χ2n) is 6.72. The molecule has 0 radical (unpaired) electrons. The molecule has 2 amide bonds. The molecular formula is C18H23ClN2O3. The van der Waals surface area contributed by atoms with Crippen LogP contribution in [0.3, 0.4) is 0 Å². The molecule has 24 heavy (non-hydrogen) atoms. The van der Waals surface area contributed by atoms with Crippen LogP contribution in [0, 0.1) is 11.8 Å². The molecule has 1 aliphatic carbocycles. The van der Waals surface area contributed by atoms with Crippen LogP contribution in [-0.4, -0.2) is 37.6 Å². The molecule has 2 aliphatic rings. The quantitative estimate of drug-likeness (QED) is 0.876. The van der Waals surface area contributed by atoms with Crippen LogP contribution < -0.4 is 10.6 Å². The van der Waals surface area contributed by atoms with E-state index in [9.17, 15) is 9.59 Å². The van der Waals surface area contributed by atoms with Gasteiger partial charge in [-0.3, -0.25) is 9.59 Å². The molecule has 2 N–H and O–H groups in total. The minimum absolute atomic E-state index is 0.0524. The number of halogens is 1. The number of rotatable bonds is 4. The molecule has 3 rings (SSSR count). The van der Waals surface area contributed by atoms with Gasteiger partial charge in [0.2, 0.25) is 5.91 Å². The topological polar surface area (TPSA) is 67.4 Å². The number of amides is 2. The minimum atomic E-state index is -0.153. The minimum Gasteiger partial charge on any atom is -0.384 e. The molecule has 4 unspecified atom stereocenters. The number of nitrogens with one attached hydrogen (secondary N) is 2. The zero-order valence-corrected chi connectivity index (χ0v) is 14.5. The summed E-state index contributed by atoms with van der Waals surface area (Å²) >= 11 is 6.09. The van der Waals surface area contributed by atoms with E-state index in [1.807, 2.05) is 0 Å². The summed E-state index contributed by atoms with van der Waals surface area (Å²) < 4.78 is 5.28. The van der Waals surface area contributed by atoms with E-state index in [2.05, 4.69) is 10.6 Å². The first-order chi connectivity index (χ1) is 11.6. The molecule has 1 aromatic rings. The summed E-state index contributed by atoms with van der Waals surface area (Å²) in [5.74, 6) is 0.626. The maximum atomic E-state index is 12.4. The van der Waals surface area contributed by atoms with Crippen molar-refractivity contribution >= 4 is 23.4 Å². The molecule has 0 spiro atoms. The van der Waals surface area contributed by atoms with Gasteiger partial charge in [0.15, 0.2) is 0 Å². The Morgan fingerprint density at radius 1 is 1.38 bits per heavy atom. The first-order valence-corrected chi connectivity index (χ1v) is 8.80. The highest BCUT2D eigenvalue weighted by molar-refractivity contribution is 6.33. The van der Waals surface area contributed by atoms with Gasteiger partial charge in [0.1, 0.15) is 0 Å². The Balaban J connectivity index is 1.63. The van der Waals surface area contributed by atoms with Crippen LogP contribution in [0.25, 0.3) is 0 Å². The molecule has 4 atom stereocenters. The highest BCUT2D eigenvalue weighted by atomic mass is 35.5. The molecule has 5 nitrogen and oxygen atoms in total. The predicted octanol–water partition coefficient (Wildman–Crippen LogP) is 2.39. The zero-order valence-electron chi connectivity index (χ0n) is 13.8. The number of methoxy groups -OCH3 is 1. The summed E-state index contributed by atoms with van der Waals surface area (Å²) in [7, 11) is 1.68. The third kappa shape index (κ3) is 3.73. The Bertz CT molecular complexity index is 622. The van der Waals surface area contributed by atoms with E-state index in [1.165, 1.54) is 0 Å². The number of hydrogen-bond donors (Lipinski definition) is 2. The summed E-state index contributed by atoms with van der Waals surface area (Å²) in [6, 6.07) is 7.20. The fraction of sp³-hybridized carbons (Fsp3) is 0.556. The van der Waals surface area contributed by atoms with Crippen LogP contribution in [0.4, 0.5) is 0 Å². The predicted molar refractivity (Wildman–Crippen MR) is 92.0 cm³/mol. The first-order valence-electron chi connectivity index (χ1n) is 8.42. The second-order valence-corrected chi connectivity index (χ2v) is 7.13.